The molecular formula is C13H17F2NO2S. The summed E-state index contributed by atoms with van der Waals surface area (Å²) >= 11 is 0.993. The van der Waals surface area contributed by atoms with Crippen molar-refractivity contribution in [2.24, 2.45) is 5.92 Å². The number of carbonyl (C=O) groups is 1. The first-order valence-corrected chi connectivity index (χ1v) is 6.90. The lowest BCUT2D eigenvalue weighted by atomic mass is 10.1. The topological polar surface area (TPSA) is 49.3 Å². The highest BCUT2D eigenvalue weighted by Gasteiger charge is 2.15. The summed E-state index contributed by atoms with van der Waals surface area (Å²) in [6.07, 6.45) is 0. The molecule has 0 aromatic heterocycles. The van der Waals surface area contributed by atoms with E-state index in [2.05, 4.69) is 5.32 Å². The van der Waals surface area contributed by atoms with Crippen LogP contribution < -0.4 is 5.32 Å². The Hall–Kier alpha value is -1.14. The number of rotatable bonds is 6. The third kappa shape index (κ3) is 5.16. The third-order valence-electron chi connectivity index (χ3n) is 2.60. The van der Waals surface area contributed by atoms with Gasteiger partial charge in [0.15, 0.2) is 0 Å². The molecule has 3 nitrogen and oxygen atoms in total. The third-order valence-corrected chi connectivity index (χ3v) is 3.65. The van der Waals surface area contributed by atoms with Gasteiger partial charge in [0.2, 0.25) is 5.91 Å². The number of aliphatic hydroxyl groups excluding tert-OH is 1. The maximum atomic E-state index is 13.3. The first-order chi connectivity index (χ1) is 8.93. The van der Waals surface area contributed by atoms with Crippen molar-refractivity contribution in [2.45, 2.75) is 24.8 Å². The molecule has 1 atom stereocenters. The van der Waals surface area contributed by atoms with Crippen molar-refractivity contribution in [3.63, 3.8) is 0 Å². The first kappa shape index (κ1) is 15.9. The number of hydrogen-bond donors (Lipinski definition) is 2. The molecule has 0 saturated heterocycles. The van der Waals surface area contributed by atoms with E-state index in [1.165, 1.54) is 6.07 Å². The predicted octanol–water partition coefficient (Wildman–Crippen LogP) is 2.19. The molecule has 0 radical (unpaired) electrons. The molecule has 2 N–H and O–H groups in total. The van der Waals surface area contributed by atoms with Crippen LogP contribution in [0, 0.1) is 17.6 Å². The van der Waals surface area contributed by atoms with Gasteiger partial charge in [0, 0.05) is 11.0 Å². The van der Waals surface area contributed by atoms with Crippen LogP contribution in [0.5, 0.6) is 0 Å². The predicted molar refractivity (Wildman–Crippen MR) is 70.9 cm³/mol. The highest BCUT2D eigenvalue weighted by atomic mass is 32.2. The largest absolute Gasteiger partial charge is 0.394 e. The molecule has 0 bridgehead atoms. The lowest BCUT2D eigenvalue weighted by Gasteiger charge is -2.19. The minimum atomic E-state index is -0.680. The molecule has 0 heterocycles. The molecule has 6 heteroatoms. The van der Waals surface area contributed by atoms with Gasteiger partial charge in [0.05, 0.1) is 18.4 Å². The highest BCUT2D eigenvalue weighted by Crippen LogP contribution is 2.22. The summed E-state index contributed by atoms with van der Waals surface area (Å²) in [5.41, 5.74) is 0. The van der Waals surface area contributed by atoms with E-state index in [9.17, 15) is 13.6 Å². The molecule has 1 aromatic carbocycles. The van der Waals surface area contributed by atoms with E-state index >= 15 is 0 Å². The van der Waals surface area contributed by atoms with E-state index < -0.39 is 11.6 Å². The summed E-state index contributed by atoms with van der Waals surface area (Å²) in [5.74, 6) is -1.49. The molecule has 0 aliphatic carbocycles. The number of aliphatic hydroxyl groups is 1. The fraction of sp³-hybridized carbons (Fsp3) is 0.462. The van der Waals surface area contributed by atoms with Crippen LogP contribution >= 0.6 is 11.8 Å². The van der Waals surface area contributed by atoms with E-state index in [-0.39, 0.29) is 35.1 Å². The van der Waals surface area contributed by atoms with Gasteiger partial charge in [0.25, 0.3) is 0 Å². The minimum absolute atomic E-state index is 0.0196. The highest BCUT2D eigenvalue weighted by molar-refractivity contribution is 8.00. The number of halogens is 2. The fourth-order valence-electron chi connectivity index (χ4n) is 1.41. The molecule has 19 heavy (non-hydrogen) atoms. The number of hydrogen-bond acceptors (Lipinski definition) is 3. The second-order valence-corrected chi connectivity index (χ2v) is 5.48. The van der Waals surface area contributed by atoms with Crippen molar-refractivity contribution < 1.29 is 18.7 Å². The maximum Gasteiger partial charge on any atom is 0.230 e. The van der Waals surface area contributed by atoms with Gasteiger partial charge in [-0.25, -0.2) is 8.78 Å². The van der Waals surface area contributed by atoms with E-state index in [0.29, 0.717) is 0 Å². The Morgan fingerprint density at radius 3 is 2.63 bits per heavy atom. The zero-order chi connectivity index (χ0) is 14.4. The standard InChI is InChI=1S/C13H17F2NO2S/c1-8(2)11(6-17)16-13(18)7-19-12-4-3-9(14)5-10(12)15/h3-5,8,11,17H,6-7H2,1-2H3,(H,16,18). The summed E-state index contributed by atoms with van der Waals surface area (Å²) in [4.78, 5) is 11.9. The van der Waals surface area contributed by atoms with Crippen LogP contribution in [0.15, 0.2) is 23.1 Å². The number of thioether (sulfide) groups is 1. The van der Waals surface area contributed by atoms with Crippen LogP contribution in [0.3, 0.4) is 0 Å². The summed E-state index contributed by atoms with van der Waals surface area (Å²) in [7, 11) is 0. The number of nitrogens with one attached hydrogen (secondary N) is 1. The molecule has 0 aliphatic rings. The lowest BCUT2D eigenvalue weighted by molar-refractivity contribution is -0.119. The van der Waals surface area contributed by atoms with Gasteiger partial charge in [-0.1, -0.05) is 13.8 Å². The molecule has 1 rings (SSSR count). The van der Waals surface area contributed by atoms with Crippen molar-refractivity contribution in [1.29, 1.82) is 0 Å². The summed E-state index contributed by atoms with van der Waals surface area (Å²) < 4.78 is 26.0. The molecule has 0 aliphatic heterocycles. The van der Waals surface area contributed by atoms with E-state index in [1.54, 1.807) is 0 Å². The van der Waals surface area contributed by atoms with Gasteiger partial charge in [-0.3, -0.25) is 4.79 Å². The average Bonchev–Trinajstić information content (AvgIpc) is 2.34. The van der Waals surface area contributed by atoms with Crippen molar-refractivity contribution in [1.82, 2.24) is 5.32 Å². The van der Waals surface area contributed by atoms with Crippen LogP contribution in [-0.4, -0.2) is 29.4 Å². The van der Waals surface area contributed by atoms with Crippen LogP contribution in [-0.2, 0) is 4.79 Å². The van der Waals surface area contributed by atoms with Gasteiger partial charge in [-0.05, 0) is 18.1 Å². The van der Waals surface area contributed by atoms with E-state index in [4.69, 9.17) is 5.11 Å². The number of carbonyl (C=O) groups excluding carboxylic acids is 1. The zero-order valence-corrected chi connectivity index (χ0v) is 11.6. The molecule has 1 unspecified atom stereocenters. The van der Waals surface area contributed by atoms with Crippen molar-refractivity contribution in [3.8, 4) is 0 Å². The Balaban J connectivity index is 2.50. The molecule has 106 valence electrons. The first-order valence-electron chi connectivity index (χ1n) is 5.92. The Morgan fingerprint density at radius 2 is 2.11 bits per heavy atom. The van der Waals surface area contributed by atoms with Gasteiger partial charge in [-0.2, -0.15) is 0 Å². The van der Waals surface area contributed by atoms with Gasteiger partial charge < -0.3 is 10.4 Å². The Kier molecular flexibility index (Phi) is 6.24. The second kappa shape index (κ2) is 7.45. The molecule has 0 saturated carbocycles. The maximum absolute atomic E-state index is 13.3. The van der Waals surface area contributed by atoms with Crippen molar-refractivity contribution in [3.05, 3.63) is 29.8 Å². The SMILES string of the molecule is CC(C)C(CO)NC(=O)CSc1ccc(F)cc1F. The van der Waals surface area contributed by atoms with Gasteiger partial charge >= 0.3 is 0 Å². The van der Waals surface area contributed by atoms with E-state index in [0.717, 1.165) is 23.9 Å². The van der Waals surface area contributed by atoms with Crippen LogP contribution in [0.25, 0.3) is 0 Å². The minimum Gasteiger partial charge on any atom is -0.394 e. The zero-order valence-electron chi connectivity index (χ0n) is 10.8. The number of benzene rings is 1. The number of amides is 1. The Labute approximate surface area is 115 Å². The quantitative estimate of drug-likeness (QED) is 0.789. The summed E-state index contributed by atoms with van der Waals surface area (Å²) in [5, 5.41) is 11.7. The molecule has 1 amide bonds. The smallest absolute Gasteiger partial charge is 0.230 e. The monoisotopic (exact) mass is 289 g/mol. The molecule has 0 spiro atoms. The molecule has 1 aromatic rings. The van der Waals surface area contributed by atoms with E-state index in [1.807, 2.05) is 13.8 Å². The average molecular weight is 289 g/mol. The van der Waals surface area contributed by atoms with Gasteiger partial charge in [-0.15, -0.1) is 11.8 Å². The fourth-order valence-corrected chi connectivity index (χ4v) is 2.14. The van der Waals surface area contributed by atoms with Crippen molar-refractivity contribution >= 4 is 17.7 Å². The summed E-state index contributed by atoms with van der Waals surface area (Å²) in [6, 6.07) is 2.92. The van der Waals surface area contributed by atoms with Crippen molar-refractivity contribution in [2.75, 3.05) is 12.4 Å². The Bertz CT molecular complexity index is 441. The van der Waals surface area contributed by atoms with Crippen LogP contribution in [0.4, 0.5) is 8.78 Å². The summed E-state index contributed by atoms with van der Waals surface area (Å²) in [6.45, 7) is 3.63. The van der Waals surface area contributed by atoms with Crippen LogP contribution in [0.1, 0.15) is 13.8 Å². The van der Waals surface area contributed by atoms with Crippen LogP contribution in [0.2, 0.25) is 0 Å². The van der Waals surface area contributed by atoms with Gasteiger partial charge in [0.1, 0.15) is 11.6 Å². The lowest BCUT2D eigenvalue weighted by Crippen LogP contribution is -2.41. The molecular weight excluding hydrogens is 272 g/mol. The second-order valence-electron chi connectivity index (χ2n) is 4.46. The normalized spacial score (nSPS) is 12.5. The molecule has 0 fully saturated rings. The Morgan fingerprint density at radius 1 is 1.42 bits per heavy atom.